The van der Waals surface area contributed by atoms with Crippen molar-refractivity contribution in [3.05, 3.63) is 71.7 Å². The summed E-state index contributed by atoms with van der Waals surface area (Å²) >= 11 is 0. The molecule has 6 nitrogen and oxygen atoms in total. The van der Waals surface area contributed by atoms with Crippen molar-refractivity contribution in [1.29, 1.82) is 0 Å². The number of nitrogens with zero attached hydrogens (tertiary/aromatic N) is 1. The number of rotatable bonds is 7. The quantitative estimate of drug-likeness (QED) is 0.260. The number of carbonyl (C=O) groups excluding carboxylic acids is 1. The molecular weight excluding hydrogens is 468 g/mol. The Kier molecular flexibility index (Phi) is 7.82. The summed E-state index contributed by atoms with van der Waals surface area (Å²) in [5.41, 5.74) is 3.14. The number of terminal acetylenes is 1. The number of aromatic nitrogens is 1. The third-order valence-corrected chi connectivity index (χ3v) is 7.01. The number of ether oxygens (including phenoxy) is 1. The normalized spacial score (nSPS) is 14.1. The highest BCUT2D eigenvalue weighted by Gasteiger charge is 2.62. The van der Waals surface area contributed by atoms with Crippen LogP contribution in [0.25, 0.3) is 22.4 Å². The van der Waals surface area contributed by atoms with Crippen LogP contribution in [0.5, 0.6) is 5.75 Å². The molecule has 0 aliphatic heterocycles. The molecule has 8 heteroatoms. The van der Waals surface area contributed by atoms with Crippen LogP contribution in [0.3, 0.4) is 0 Å². The van der Waals surface area contributed by atoms with Crippen LogP contribution in [0.1, 0.15) is 37.9 Å². The molecule has 2 aromatic carbocycles. The average molecular weight is 494 g/mol. The molecule has 0 saturated heterocycles. The third kappa shape index (κ3) is 5.01. The lowest BCUT2D eigenvalue weighted by Crippen LogP contribution is -2.46. The number of carbonyl (C=O) groups is 1. The molecule has 0 fully saturated rings. The van der Waals surface area contributed by atoms with Crippen LogP contribution in [0.2, 0.25) is 0 Å². The van der Waals surface area contributed by atoms with Gasteiger partial charge >= 0.3 is 19.2 Å². The number of aryl methyl sites for hydroxylation is 1. The second kappa shape index (κ2) is 10.5. The van der Waals surface area contributed by atoms with Gasteiger partial charge in [-0.2, -0.15) is 4.89 Å². The summed E-state index contributed by atoms with van der Waals surface area (Å²) in [7, 11) is -3.34. The van der Waals surface area contributed by atoms with E-state index in [1.165, 1.54) is 6.07 Å². The van der Waals surface area contributed by atoms with Crippen LogP contribution in [0.4, 0.5) is 4.39 Å². The van der Waals surface area contributed by atoms with Gasteiger partial charge in [-0.3, -0.25) is 0 Å². The van der Waals surface area contributed by atoms with Gasteiger partial charge in [-0.1, -0.05) is 50.2 Å². The van der Waals surface area contributed by atoms with Crippen molar-refractivity contribution in [3.63, 3.8) is 0 Å². The van der Waals surface area contributed by atoms with E-state index in [1.54, 1.807) is 25.1 Å². The summed E-state index contributed by atoms with van der Waals surface area (Å²) in [6.07, 6.45) is 3.77. The molecule has 0 radical (unpaired) electrons. The summed E-state index contributed by atoms with van der Waals surface area (Å²) in [4.78, 5) is 27.8. The zero-order chi connectivity index (χ0) is 25.9. The van der Waals surface area contributed by atoms with E-state index in [0.717, 1.165) is 12.5 Å². The zero-order valence-corrected chi connectivity index (χ0v) is 20.7. The van der Waals surface area contributed by atoms with Crippen molar-refractivity contribution in [2.45, 2.75) is 44.9 Å². The van der Waals surface area contributed by atoms with Gasteiger partial charge in [-0.15, -0.1) is 6.42 Å². The van der Waals surface area contributed by atoms with Crippen LogP contribution in [0, 0.1) is 25.1 Å². The van der Waals surface area contributed by atoms with Gasteiger partial charge in [-0.25, -0.2) is 14.2 Å². The van der Waals surface area contributed by atoms with Gasteiger partial charge in [0, 0.05) is 11.1 Å². The largest absolute Gasteiger partial charge is 0.540 e. The van der Waals surface area contributed by atoms with Crippen LogP contribution in [-0.4, -0.2) is 32.2 Å². The van der Waals surface area contributed by atoms with Gasteiger partial charge in [0.15, 0.2) is 5.75 Å². The monoisotopic (exact) mass is 494 g/mol. The molecule has 2 N–H and O–H groups in total. The van der Waals surface area contributed by atoms with Gasteiger partial charge in [0.25, 0.3) is 0 Å². The van der Waals surface area contributed by atoms with Crippen molar-refractivity contribution in [2.24, 2.45) is 0 Å². The van der Waals surface area contributed by atoms with E-state index in [-0.39, 0.29) is 11.7 Å². The minimum atomic E-state index is -3.34. The standard InChI is InChI=1S/C27H25FNO5P/c1-6-27(18(5)30,35(32)33)26(31)34-25-21(20-12-13-22(28)17(4)14-20)15-23(29-24(25)16(2)3)19-10-8-7-9-11-19/h1,7-16,18,30H,2-5H3/p+1. The predicted molar refractivity (Wildman–Crippen MR) is 133 cm³/mol. The Morgan fingerprint density at radius 1 is 1.14 bits per heavy atom. The van der Waals surface area contributed by atoms with E-state index in [4.69, 9.17) is 16.1 Å². The minimum absolute atomic E-state index is 0.0211. The number of esters is 1. The van der Waals surface area contributed by atoms with E-state index < -0.39 is 31.1 Å². The van der Waals surface area contributed by atoms with Crippen LogP contribution >= 0.6 is 8.03 Å². The van der Waals surface area contributed by atoms with E-state index in [1.807, 2.05) is 50.1 Å². The van der Waals surface area contributed by atoms with Gasteiger partial charge in [0.1, 0.15) is 11.9 Å². The maximum absolute atomic E-state index is 14.0. The van der Waals surface area contributed by atoms with E-state index >= 15 is 0 Å². The first-order valence-corrected chi connectivity index (χ1v) is 12.1. The van der Waals surface area contributed by atoms with Crippen LogP contribution < -0.4 is 4.74 Å². The zero-order valence-electron chi connectivity index (χ0n) is 19.8. The van der Waals surface area contributed by atoms with Crippen molar-refractivity contribution in [3.8, 4) is 40.5 Å². The predicted octanol–water partition coefficient (Wildman–Crippen LogP) is 5.38. The average Bonchev–Trinajstić information content (AvgIpc) is 2.81. The Hall–Kier alpha value is -3.43. The molecule has 0 saturated carbocycles. The topological polar surface area (TPSA) is 96.7 Å². The Morgan fingerprint density at radius 3 is 2.31 bits per heavy atom. The highest BCUT2D eigenvalue weighted by Crippen LogP contribution is 2.43. The molecule has 0 amide bonds. The summed E-state index contributed by atoms with van der Waals surface area (Å²) < 4.78 is 31.8. The Bertz CT molecular complexity index is 1320. The summed E-state index contributed by atoms with van der Waals surface area (Å²) in [5.74, 6) is 0.0981. The van der Waals surface area contributed by atoms with E-state index in [0.29, 0.717) is 28.1 Å². The van der Waals surface area contributed by atoms with Gasteiger partial charge < -0.3 is 9.84 Å². The van der Waals surface area contributed by atoms with Crippen LogP contribution in [-0.2, 0) is 9.36 Å². The van der Waals surface area contributed by atoms with Crippen molar-refractivity contribution < 1.29 is 28.5 Å². The number of halogens is 1. The number of hydrogen-bond acceptors (Lipinski definition) is 5. The lowest BCUT2D eigenvalue weighted by Gasteiger charge is -2.22. The first-order chi connectivity index (χ1) is 16.5. The van der Waals surface area contributed by atoms with E-state index in [2.05, 4.69) is 0 Å². The van der Waals surface area contributed by atoms with Crippen molar-refractivity contribution in [2.75, 3.05) is 0 Å². The maximum atomic E-state index is 14.0. The SMILES string of the molecule is C#CC(C(=O)Oc1c(-c2ccc(F)c(C)c2)cc(-c2ccccc2)nc1C(C)C)(C(C)O)[P+](=O)O. The highest BCUT2D eigenvalue weighted by atomic mass is 31.1. The number of pyridine rings is 1. The Balaban J connectivity index is 2.32. The molecule has 3 rings (SSSR count). The molecular formula is C27H26FNO5P+. The highest BCUT2D eigenvalue weighted by molar-refractivity contribution is 7.42. The molecule has 1 heterocycles. The summed E-state index contributed by atoms with van der Waals surface area (Å²) in [6.45, 7) is 6.46. The van der Waals surface area contributed by atoms with Gasteiger partial charge in [0.2, 0.25) is 0 Å². The first kappa shape index (κ1) is 26.2. The fourth-order valence-electron chi connectivity index (χ4n) is 3.65. The molecule has 0 bridgehead atoms. The first-order valence-electron chi connectivity index (χ1n) is 10.9. The van der Waals surface area contributed by atoms with Crippen LogP contribution in [0.15, 0.2) is 54.6 Å². The Labute approximate surface area is 204 Å². The smallest absolute Gasteiger partial charge is 0.419 e. The number of benzene rings is 2. The molecule has 0 spiro atoms. The van der Waals surface area contributed by atoms with E-state index in [9.17, 15) is 23.7 Å². The second-order valence-corrected chi connectivity index (χ2v) is 9.75. The fourth-order valence-corrected chi connectivity index (χ4v) is 4.28. The van der Waals surface area contributed by atoms with Gasteiger partial charge in [0.05, 0.1) is 11.4 Å². The number of aliphatic hydroxyl groups is 1. The molecule has 3 aromatic rings. The molecule has 3 unspecified atom stereocenters. The Morgan fingerprint density at radius 2 is 1.80 bits per heavy atom. The lowest BCUT2D eigenvalue weighted by molar-refractivity contribution is -0.138. The number of hydrogen-bond donors (Lipinski definition) is 2. The molecule has 3 atom stereocenters. The van der Waals surface area contributed by atoms with Crippen molar-refractivity contribution in [1.82, 2.24) is 4.98 Å². The fraction of sp³-hybridized carbons (Fsp3) is 0.259. The molecule has 0 aliphatic carbocycles. The molecule has 35 heavy (non-hydrogen) atoms. The van der Waals surface area contributed by atoms with Gasteiger partial charge in [-0.05, 0) is 59.6 Å². The number of aliphatic hydroxyl groups excluding tert-OH is 1. The maximum Gasteiger partial charge on any atom is 0.540 e. The van der Waals surface area contributed by atoms with Crippen molar-refractivity contribution >= 4 is 14.0 Å². The second-order valence-electron chi connectivity index (χ2n) is 8.50. The molecule has 0 aliphatic rings. The molecule has 180 valence electrons. The third-order valence-electron chi connectivity index (χ3n) is 5.72. The summed E-state index contributed by atoms with van der Waals surface area (Å²) in [5, 5.41) is 7.69. The molecule has 1 aromatic heterocycles. The minimum Gasteiger partial charge on any atom is -0.419 e. The lowest BCUT2D eigenvalue weighted by atomic mass is 9.96. The summed E-state index contributed by atoms with van der Waals surface area (Å²) in [6, 6.07) is 15.5.